The van der Waals surface area contributed by atoms with Crippen LogP contribution in [-0.2, 0) is 22.4 Å². The number of carbonyl (C=O) groups excluding carboxylic acids is 2. The fraction of sp³-hybridized carbons (Fsp3) is 0.619. The standard InChI is InChI=1S/C21H26N2O3/c24-20-3-1-2-18-17-9-15(12-23(18)20)11-22(13-17)21(25)10-14-4-5-19-16(8-14)6-7-26-19/h4-5,8,15,17-18H,1-3,6-7,9-13H2/t15-,17+,18-/m1/s1. The van der Waals surface area contributed by atoms with Crippen LogP contribution in [0.3, 0.4) is 0 Å². The van der Waals surface area contributed by atoms with Crippen molar-refractivity contribution in [1.82, 2.24) is 9.80 Å². The molecule has 3 fully saturated rings. The molecule has 4 heterocycles. The van der Waals surface area contributed by atoms with Crippen molar-refractivity contribution in [3.63, 3.8) is 0 Å². The summed E-state index contributed by atoms with van der Waals surface area (Å²) < 4.78 is 5.56. The third-order valence-electron chi connectivity index (χ3n) is 6.64. The molecule has 5 heteroatoms. The minimum absolute atomic E-state index is 0.231. The van der Waals surface area contributed by atoms with Crippen molar-refractivity contribution < 1.29 is 14.3 Å². The Morgan fingerprint density at radius 3 is 3.04 bits per heavy atom. The molecule has 1 aromatic carbocycles. The highest BCUT2D eigenvalue weighted by atomic mass is 16.5. The van der Waals surface area contributed by atoms with Gasteiger partial charge in [0.1, 0.15) is 5.75 Å². The van der Waals surface area contributed by atoms with Crippen LogP contribution in [-0.4, -0.2) is 53.9 Å². The normalized spacial score (nSPS) is 29.8. The minimum Gasteiger partial charge on any atom is -0.493 e. The molecule has 4 aliphatic heterocycles. The molecule has 0 aromatic heterocycles. The summed E-state index contributed by atoms with van der Waals surface area (Å²) in [6.45, 7) is 3.22. The molecule has 1 aromatic rings. The molecule has 0 N–H and O–H groups in total. The average Bonchev–Trinajstić information content (AvgIpc) is 3.10. The summed E-state index contributed by atoms with van der Waals surface area (Å²) in [5.41, 5.74) is 2.31. The predicted octanol–water partition coefficient (Wildman–Crippen LogP) is 2.02. The van der Waals surface area contributed by atoms with Gasteiger partial charge in [0, 0.05) is 38.5 Å². The van der Waals surface area contributed by atoms with Gasteiger partial charge in [-0.25, -0.2) is 0 Å². The zero-order valence-electron chi connectivity index (χ0n) is 15.2. The van der Waals surface area contributed by atoms with E-state index in [1.807, 2.05) is 12.1 Å². The Balaban J connectivity index is 1.28. The van der Waals surface area contributed by atoms with Gasteiger partial charge in [-0.1, -0.05) is 12.1 Å². The lowest BCUT2D eigenvalue weighted by Gasteiger charge is -2.52. The van der Waals surface area contributed by atoms with E-state index in [1.165, 1.54) is 12.0 Å². The lowest BCUT2D eigenvalue weighted by molar-refractivity contribution is -0.148. The molecule has 26 heavy (non-hydrogen) atoms. The fourth-order valence-corrected chi connectivity index (χ4v) is 5.45. The van der Waals surface area contributed by atoms with Crippen LogP contribution in [0.25, 0.3) is 0 Å². The lowest BCUT2D eigenvalue weighted by Crippen LogP contribution is -2.61. The number of nitrogens with zero attached hydrogens (tertiary/aromatic N) is 2. The monoisotopic (exact) mass is 354 g/mol. The van der Waals surface area contributed by atoms with E-state index in [2.05, 4.69) is 15.9 Å². The summed E-state index contributed by atoms with van der Waals surface area (Å²) in [6, 6.07) is 6.52. The Labute approximate surface area is 154 Å². The topological polar surface area (TPSA) is 49.9 Å². The molecule has 0 aliphatic carbocycles. The fourth-order valence-electron chi connectivity index (χ4n) is 5.45. The SMILES string of the molecule is O=C(Cc1ccc2c(c1)CCO2)N1C[C@H]2C[C@@H](C1)[C@H]1CCCC(=O)N1C2. The molecular formula is C21H26N2O3. The number of piperidine rings is 3. The maximum atomic E-state index is 12.9. The van der Waals surface area contributed by atoms with Gasteiger partial charge in [0.15, 0.2) is 0 Å². The van der Waals surface area contributed by atoms with Crippen LogP contribution >= 0.6 is 0 Å². The van der Waals surface area contributed by atoms with E-state index in [1.54, 1.807) is 0 Å². The zero-order valence-corrected chi connectivity index (χ0v) is 15.2. The van der Waals surface area contributed by atoms with Crippen LogP contribution in [0.2, 0.25) is 0 Å². The van der Waals surface area contributed by atoms with Gasteiger partial charge in [0.25, 0.3) is 0 Å². The number of amides is 2. The summed E-state index contributed by atoms with van der Waals surface area (Å²) in [5, 5.41) is 0. The molecule has 2 amide bonds. The van der Waals surface area contributed by atoms with Crippen molar-refractivity contribution in [3.8, 4) is 5.75 Å². The van der Waals surface area contributed by atoms with Gasteiger partial charge in [-0.3, -0.25) is 9.59 Å². The summed E-state index contributed by atoms with van der Waals surface area (Å²) in [7, 11) is 0. The van der Waals surface area contributed by atoms with Crippen molar-refractivity contribution >= 4 is 11.8 Å². The van der Waals surface area contributed by atoms with Crippen LogP contribution < -0.4 is 4.74 Å². The van der Waals surface area contributed by atoms with Crippen molar-refractivity contribution in [2.75, 3.05) is 26.2 Å². The smallest absolute Gasteiger partial charge is 0.227 e. The molecule has 0 spiro atoms. The number of likely N-dealkylation sites (tertiary alicyclic amines) is 1. The average molecular weight is 354 g/mol. The van der Waals surface area contributed by atoms with Crippen LogP contribution in [0, 0.1) is 11.8 Å². The summed E-state index contributed by atoms with van der Waals surface area (Å²) >= 11 is 0. The van der Waals surface area contributed by atoms with E-state index in [0.717, 1.165) is 56.8 Å². The van der Waals surface area contributed by atoms with Crippen molar-refractivity contribution in [2.45, 2.75) is 44.6 Å². The lowest BCUT2D eigenvalue weighted by atomic mass is 9.76. The van der Waals surface area contributed by atoms with E-state index >= 15 is 0 Å². The highest BCUT2D eigenvalue weighted by Gasteiger charge is 2.44. The van der Waals surface area contributed by atoms with Gasteiger partial charge in [-0.2, -0.15) is 0 Å². The van der Waals surface area contributed by atoms with Gasteiger partial charge < -0.3 is 14.5 Å². The molecule has 3 saturated heterocycles. The van der Waals surface area contributed by atoms with Crippen LogP contribution in [0.1, 0.15) is 36.8 Å². The molecular weight excluding hydrogens is 328 g/mol. The zero-order chi connectivity index (χ0) is 17.7. The first kappa shape index (κ1) is 16.2. The summed E-state index contributed by atoms with van der Waals surface area (Å²) in [4.78, 5) is 29.4. The quantitative estimate of drug-likeness (QED) is 0.816. The number of hydrogen-bond donors (Lipinski definition) is 0. The minimum atomic E-state index is 0.231. The number of carbonyl (C=O) groups is 2. The van der Waals surface area contributed by atoms with Crippen molar-refractivity contribution in [1.29, 1.82) is 0 Å². The van der Waals surface area contributed by atoms with Crippen LogP contribution in [0.15, 0.2) is 18.2 Å². The number of ether oxygens (including phenoxy) is 1. The molecule has 3 atom stereocenters. The third kappa shape index (κ3) is 2.78. The largest absolute Gasteiger partial charge is 0.493 e. The van der Waals surface area contributed by atoms with E-state index in [9.17, 15) is 9.59 Å². The second-order valence-electron chi connectivity index (χ2n) is 8.38. The first-order valence-electron chi connectivity index (χ1n) is 9.99. The van der Waals surface area contributed by atoms with Crippen LogP contribution in [0.4, 0.5) is 0 Å². The van der Waals surface area contributed by atoms with E-state index in [4.69, 9.17) is 4.74 Å². The first-order valence-corrected chi connectivity index (χ1v) is 9.99. The predicted molar refractivity (Wildman–Crippen MR) is 96.9 cm³/mol. The number of hydrogen-bond acceptors (Lipinski definition) is 3. The van der Waals surface area contributed by atoms with Gasteiger partial charge in [0.2, 0.25) is 11.8 Å². The second-order valence-corrected chi connectivity index (χ2v) is 8.38. The summed E-state index contributed by atoms with van der Waals surface area (Å²) in [5.74, 6) is 2.44. The van der Waals surface area contributed by atoms with Crippen LogP contribution in [0.5, 0.6) is 5.75 Å². The Bertz CT molecular complexity index is 747. The third-order valence-corrected chi connectivity index (χ3v) is 6.64. The highest BCUT2D eigenvalue weighted by Crippen LogP contribution is 2.38. The number of fused-ring (bicyclic) bond motifs is 5. The van der Waals surface area contributed by atoms with E-state index in [-0.39, 0.29) is 5.91 Å². The maximum absolute atomic E-state index is 12.9. The van der Waals surface area contributed by atoms with Crippen molar-refractivity contribution in [3.05, 3.63) is 29.3 Å². The van der Waals surface area contributed by atoms with Gasteiger partial charge >= 0.3 is 0 Å². The highest BCUT2D eigenvalue weighted by molar-refractivity contribution is 5.80. The molecule has 2 bridgehead atoms. The van der Waals surface area contributed by atoms with Gasteiger partial charge in [-0.05, 0) is 48.3 Å². The van der Waals surface area contributed by atoms with E-state index < -0.39 is 0 Å². The molecule has 4 aliphatic rings. The van der Waals surface area contributed by atoms with Gasteiger partial charge in [-0.15, -0.1) is 0 Å². The Kier molecular flexibility index (Phi) is 3.91. The Morgan fingerprint density at radius 2 is 2.12 bits per heavy atom. The van der Waals surface area contributed by atoms with Gasteiger partial charge in [0.05, 0.1) is 13.0 Å². The second kappa shape index (κ2) is 6.29. The maximum Gasteiger partial charge on any atom is 0.227 e. The molecule has 5 nitrogen and oxygen atoms in total. The van der Waals surface area contributed by atoms with E-state index in [0.29, 0.717) is 36.6 Å². The van der Waals surface area contributed by atoms with Crippen molar-refractivity contribution in [2.24, 2.45) is 11.8 Å². The number of rotatable bonds is 2. The molecule has 0 saturated carbocycles. The molecule has 0 unspecified atom stereocenters. The Morgan fingerprint density at radius 1 is 1.19 bits per heavy atom. The first-order chi connectivity index (χ1) is 12.7. The summed E-state index contributed by atoms with van der Waals surface area (Å²) in [6.07, 6.45) is 5.41. The molecule has 5 rings (SSSR count). The Hall–Kier alpha value is -2.04. The number of benzene rings is 1. The molecule has 0 radical (unpaired) electrons. The molecule has 138 valence electrons.